The molecule has 16 heteroatoms. The second kappa shape index (κ2) is 18.3. The number of nitrogens with two attached hydrogens (primary N) is 2. The van der Waals surface area contributed by atoms with Crippen molar-refractivity contribution in [2.24, 2.45) is 11.5 Å². The van der Waals surface area contributed by atoms with E-state index in [4.69, 9.17) is 26.2 Å². The number of nitrogens with zero attached hydrogens (tertiary/aromatic N) is 2. The number of amides is 5. The first-order valence-electron chi connectivity index (χ1n) is 15.8. The first kappa shape index (κ1) is 38.2. The van der Waals surface area contributed by atoms with E-state index in [1.54, 1.807) is 36.4 Å². The molecule has 2 aromatic carbocycles. The van der Waals surface area contributed by atoms with E-state index in [1.807, 2.05) is 6.07 Å². The molecule has 4 atom stereocenters. The second-order valence-corrected chi connectivity index (χ2v) is 11.3. The van der Waals surface area contributed by atoms with E-state index in [2.05, 4.69) is 21.3 Å². The van der Waals surface area contributed by atoms with E-state index in [0.717, 1.165) is 4.90 Å². The van der Waals surface area contributed by atoms with Crippen LogP contribution >= 0.6 is 0 Å². The van der Waals surface area contributed by atoms with E-state index in [-0.39, 0.29) is 45.7 Å². The lowest BCUT2D eigenvalue weighted by Gasteiger charge is -2.32. The van der Waals surface area contributed by atoms with Gasteiger partial charge in [-0.25, -0.2) is 0 Å². The van der Waals surface area contributed by atoms with E-state index in [0.29, 0.717) is 33.8 Å². The molecular formula is C33H44N8O8. The fourth-order valence-electron chi connectivity index (χ4n) is 5.34. The highest BCUT2D eigenvalue weighted by molar-refractivity contribution is 5.96. The number of ether oxygens (including phenoxy) is 2. The predicted octanol–water partition coefficient (Wildman–Crippen LogP) is -1.40. The highest BCUT2D eigenvalue weighted by Crippen LogP contribution is 2.40. The van der Waals surface area contributed by atoms with Crippen molar-refractivity contribution in [1.29, 1.82) is 5.26 Å². The Morgan fingerprint density at radius 3 is 2.27 bits per heavy atom. The summed E-state index contributed by atoms with van der Waals surface area (Å²) >= 11 is 0. The molecule has 0 saturated heterocycles. The Bertz CT molecular complexity index is 1560. The van der Waals surface area contributed by atoms with Crippen molar-refractivity contribution in [2.75, 3.05) is 46.5 Å². The summed E-state index contributed by atoms with van der Waals surface area (Å²) < 4.78 is 12.0. The molecule has 3 rings (SSSR count). The molecule has 0 aliphatic carbocycles. The maximum Gasteiger partial charge on any atom is 0.248 e. The summed E-state index contributed by atoms with van der Waals surface area (Å²) in [6.45, 7) is 2.67. The molecule has 9 N–H and O–H groups in total. The van der Waals surface area contributed by atoms with E-state index in [1.165, 1.54) is 20.9 Å². The molecule has 2 aromatic rings. The average molecular weight is 681 g/mol. The topological polar surface area (TPSA) is 251 Å². The van der Waals surface area contributed by atoms with Crippen LogP contribution in [0.25, 0.3) is 11.1 Å². The van der Waals surface area contributed by atoms with Crippen LogP contribution in [0.4, 0.5) is 0 Å². The summed E-state index contributed by atoms with van der Waals surface area (Å²) in [4.78, 5) is 67.4. The second-order valence-electron chi connectivity index (χ2n) is 11.3. The fourth-order valence-corrected chi connectivity index (χ4v) is 5.34. The Labute approximate surface area is 284 Å². The van der Waals surface area contributed by atoms with Crippen molar-refractivity contribution in [1.82, 2.24) is 26.2 Å². The molecular weight excluding hydrogens is 636 g/mol. The van der Waals surface area contributed by atoms with E-state index >= 15 is 0 Å². The molecule has 0 spiro atoms. The quantitative estimate of drug-likeness (QED) is 0.121. The van der Waals surface area contributed by atoms with Gasteiger partial charge < -0.3 is 52.2 Å². The van der Waals surface area contributed by atoms with Gasteiger partial charge in [0, 0.05) is 51.2 Å². The highest BCUT2D eigenvalue weighted by atomic mass is 16.5. The van der Waals surface area contributed by atoms with Crippen LogP contribution in [0.5, 0.6) is 11.5 Å². The minimum atomic E-state index is -1.35. The number of carbonyl (C=O) groups is 5. The van der Waals surface area contributed by atoms with Crippen LogP contribution in [0.1, 0.15) is 37.4 Å². The molecule has 1 aliphatic heterocycles. The van der Waals surface area contributed by atoms with Crippen LogP contribution in [-0.4, -0.2) is 104 Å². The lowest BCUT2D eigenvalue weighted by Crippen LogP contribution is -2.56. The van der Waals surface area contributed by atoms with Gasteiger partial charge in [0.1, 0.15) is 55.4 Å². The van der Waals surface area contributed by atoms with Gasteiger partial charge in [0.2, 0.25) is 29.5 Å². The molecule has 0 fully saturated rings. The van der Waals surface area contributed by atoms with Gasteiger partial charge in [-0.05, 0) is 48.7 Å². The number of hydrogen-bond donors (Lipinski definition) is 7. The van der Waals surface area contributed by atoms with Gasteiger partial charge in [0.25, 0.3) is 0 Å². The minimum Gasteiger partial charge on any atom is -0.492 e. The number of carbonyl (C=O) groups excluding carboxylic acids is 5. The van der Waals surface area contributed by atoms with Gasteiger partial charge >= 0.3 is 0 Å². The zero-order chi connectivity index (χ0) is 36.1. The van der Waals surface area contributed by atoms with Crippen LogP contribution < -0.4 is 42.2 Å². The van der Waals surface area contributed by atoms with Crippen LogP contribution in [-0.2, 0) is 30.4 Å². The largest absolute Gasteiger partial charge is 0.492 e. The van der Waals surface area contributed by atoms with E-state index < -0.39 is 60.3 Å². The third-order valence-electron chi connectivity index (χ3n) is 7.65. The molecule has 0 aromatic heterocycles. The summed E-state index contributed by atoms with van der Waals surface area (Å²) in [6, 6.07) is 7.06. The van der Waals surface area contributed by atoms with Gasteiger partial charge in [0.15, 0.2) is 0 Å². The van der Waals surface area contributed by atoms with Gasteiger partial charge in [-0.3, -0.25) is 24.0 Å². The number of nitrogens with one attached hydrogen (secondary N) is 4. The first-order chi connectivity index (χ1) is 23.4. The maximum absolute atomic E-state index is 14.1. The molecule has 0 saturated carbocycles. The van der Waals surface area contributed by atoms with Crippen LogP contribution in [0, 0.1) is 11.3 Å². The number of aliphatic hydroxyl groups is 1. The average Bonchev–Trinajstić information content (AvgIpc) is 3.07. The number of nitriles is 1. The maximum atomic E-state index is 14.1. The molecule has 5 amide bonds. The van der Waals surface area contributed by atoms with Crippen molar-refractivity contribution in [3.8, 4) is 28.7 Å². The zero-order valence-corrected chi connectivity index (χ0v) is 27.8. The highest BCUT2D eigenvalue weighted by Gasteiger charge is 2.35. The predicted molar refractivity (Wildman–Crippen MR) is 178 cm³/mol. The van der Waals surface area contributed by atoms with Crippen LogP contribution in [0.15, 0.2) is 36.4 Å². The standard InChI is InChI=1S/C33H44N8O8/c1-19-30(44)40-26(31(45)37-12-9-34)17-21-4-6-27(48-14-10-35)23(16-21)24-18-22(5-7-28(24)49-15-11-36)29(32(46)38-19)41(3)33(47)25(8-13-42)39-20(2)43/h4-7,16,18-19,25-26,29,42H,8,10-15,17,35-36H2,1-3H3,(H,37,45)(H,38,46)(H,39,43)(H,40,44)/t19-,25-,26-,29-/m0/s1. The third-order valence-corrected chi connectivity index (χ3v) is 7.65. The van der Waals surface area contributed by atoms with Crippen molar-refractivity contribution < 1.29 is 38.6 Å². The Morgan fingerprint density at radius 1 is 1.04 bits per heavy atom. The summed E-state index contributed by atoms with van der Waals surface area (Å²) in [5.74, 6) is -2.46. The van der Waals surface area contributed by atoms with Crippen molar-refractivity contribution in [3.05, 3.63) is 47.5 Å². The number of fused-ring (bicyclic) bond motifs is 5. The number of benzene rings is 2. The first-order valence-corrected chi connectivity index (χ1v) is 15.8. The van der Waals surface area contributed by atoms with Crippen LogP contribution in [0.2, 0.25) is 0 Å². The fraction of sp³-hybridized carbons (Fsp3) is 0.455. The summed E-state index contributed by atoms with van der Waals surface area (Å²) in [7, 11) is 1.37. The lowest BCUT2D eigenvalue weighted by atomic mass is 9.93. The number of rotatable bonds is 13. The minimum absolute atomic E-state index is 0.0157. The summed E-state index contributed by atoms with van der Waals surface area (Å²) in [5, 5.41) is 28.9. The van der Waals surface area contributed by atoms with Crippen molar-refractivity contribution in [3.63, 3.8) is 0 Å². The van der Waals surface area contributed by atoms with Crippen molar-refractivity contribution in [2.45, 2.75) is 50.9 Å². The van der Waals surface area contributed by atoms with Gasteiger partial charge in [-0.1, -0.05) is 12.1 Å². The number of hydrogen-bond acceptors (Lipinski definition) is 11. The Morgan fingerprint density at radius 2 is 1.67 bits per heavy atom. The van der Waals surface area contributed by atoms with Crippen LogP contribution in [0.3, 0.4) is 0 Å². The number of likely N-dealkylation sites (N-methyl/N-ethyl adjacent to an activating group) is 1. The molecule has 264 valence electrons. The van der Waals surface area contributed by atoms with E-state index in [9.17, 15) is 29.1 Å². The molecule has 1 aliphatic rings. The van der Waals surface area contributed by atoms with Gasteiger partial charge in [0.05, 0.1) is 6.07 Å². The summed E-state index contributed by atoms with van der Waals surface area (Å²) in [5.41, 5.74) is 13.4. The molecule has 49 heavy (non-hydrogen) atoms. The summed E-state index contributed by atoms with van der Waals surface area (Å²) in [6.07, 6.45) is -0.0985. The van der Waals surface area contributed by atoms with Crippen molar-refractivity contribution >= 4 is 29.5 Å². The Balaban J connectivity index is 2.31. The SMILES string of the molecule is CC(=O)N[C@@H](CCO)C(=O)N(C)[C@@H]1C(=O)N[C@@H](C)C(=O)N[C@H](C(=O)NCC#N)Cc2ccc(OCCN)c(c2)-c2cc1ccc2OCCN. The lowest BCUT2D eigenvalue weighted by molar-refractivity contribution is -0.143. The van der Waals surface area contributed by atoms with Gasteiger partial charge in [-0.15, -0.1) is 0 Å². The zero-order valence-electron chi connectivity index (χ0n) is 27.8. The molecule has 16 nitrogen and oxygen atoms in total. The number of aliphatic hydroxyl groups excluding tert-OH is 1. The molecule has 0 unspecified atom stereocenters. The monoisotopic (exact) mass is 680 g/mol. The molecule has 0 radical (unpaired) electrons. The van der Waals surface area contributed by atoms with Gasteiger partial charge in [-0.2, -0.15) is 5.26 Å². The molecule has 4 bridgehead atoms. The third kappa shape index (κ3) is 10.1. The molecule has 1 heterocycles. The smallest absolute Gasteiger partial charge is 0.248 e. The normalized spacial score (nSPS) is 18.0. The Hall–Kier alpha value is -5.24. The Kier molecular flexibility index (Phi) is 14.3.